The van der Waals surface area contributed by atoms with Crippen molar-refractivity contribution in [2.24, 2.45) is 0 Å². The lowest BCUT2D eigenvalue weighted by molar-refractivity contribution is 0.0947. The van der Waals surface area contributed by atoms with Crippen molar-refractivity contribution in [3.05, 3.63) is 48.0 Å². The predicted molar refractivity (Wildman–Crippen MR) is 107 cm³/mol. The second-order valence-electron chi connectivity index (χ2n) is 6.69. The van der Waals surface area contributed by atoms with Crippen LogP contribution >= 0.6 is 0 Å². The van der Waals surface area contributed by atoms with Crippen LogP contribution in [0.25, 0.3) is 0 Å². The van der Waals surface area contributed by atoms with Gasteiger partial charge in [-0.15, -0.1) is 5.10 Å². The number of nitrogens with one attached hydrogen (secondary N) is 1. The van der Waals surface area contributed by atoms with E-state index in [1.54, 1.807) is 42.5 Å². The van der Waals surface area contributed by atoms with Crippen LogP contribution in [0.2, 0.25) is 0 Å². The first kappa shape index (κ1) is 18.6. The number of rotatable bonds is 5. The number of nitrogen functional groups attached to an aromatic ring is 1. The average Bonchev–Trinajstić information content (AvgIpc) is 3.07. The third-order valence-electron chi connectivity index (χ3n) is 4.08. The van der Waals surface area contributed by atoms with Crippen LogP contribution in [0, 0.1) is 0 Å². The van der Waals surface area contributed by atoms with Crippen molar-refractivity contribution in [3.63, 3.8) is 0 Å². The lowest BCUT2D eigenvalue weighted by Crippen LogP contribution is -2.17. The number of nitrogens with two attached hydrogens (primary N) is 1. The summed E-state index contributed by atoms with van der Waals surface area (Å²) in [7, 11) is 0. The Balaban J connectivity index is 1.54. The van der Waals surface area contributed by atoms with Crippen LogP contribution in [-0.4, -0.2) is 40.0 Å². The highest BCUT2D eigenvalue weighted by atomic mass is 16.6. The molecule has 9 nitrogen and oxygen atoms in total. The van der Waals surface area contributed by atoms with E-state index in [1.165, 1.54) is 0 Å². The van der Waals surface area contributed by atoms with Crippen molar-refractivity contribution in [3.8, 4) is 17.2 Å². The maximum Gasteiger partial charge on any atom is 0.281 e. The van der Waals surface area contributed by atoms with Gasteiger partial charge >= 0.3 is 0 Å². The molecule has 0 bridgehead atoms. The molecule has 0 fully saturated rings. The van der Waals surface area contributed by atoms with Gasteiger partial charge in [-0.2, -0.15) is 9.67 Å². The number of fused-ring (bicyclic) bond motifs is 1. The number of carbonyl (C=O) groups is 1. The Morgan fingerprint density at radius 1 is 1.17 bits per heavy atom. The summed E-state index contributed by atoms with van der Waals surface area (Å²) in [6.45, 7) is 4.84. The summed E-state index contributed by atoms with van der Waals surface area (Å²) < 4.78 is 17.8. The molecule has 3 aromatic rings. The van der Waals surface area contributed by atoms with Crippen LogP contribution in [0.15, 0.2) is 42.5 Å². The van der Waals surface area contributed by atoms with E-state index >= 15 is 0 Å². The van der Waals surface area contributed by atoms with Gasteiger partial charge < -0.3 is 25.3 Å². The number of hydrogen-bond acceptors (Lipinski definition) is 8. The minimum Gasteiger partial charge on any atom is -0.491 e. The Labute approximate surface area is 167 Å². The van der Waals surface area contributed by atoms with Crippen LogP contribution in [0.3, 0.4) is 0 Å². The van der Waals surface area contributed by atoms with E-state index in [9.17, 15) is 4.79 Å². The van der Waals surface area contributed by atoms with Gasteiger partial charge in [0, 0.05) is 17.3 Å². The van der Waals surface area contributed by atoms with Crippen molar-refractivity contribution in [2.75, 3.05) is 24.3 Å². The van der Waals surface area contributed by atoms with E-state index in [-0.39, 0.29) is 18.0 Å². The average molecular weight is 395 g/mol. The highest BCUT2D eigenvalue weighted by Crippen LogP contribution is 2.33. The van der Waals surface area contributed by atoms with Gasteiger partial charge in [0.1, 0.15) is 19.0 Å². The van der Waals surface area contributed by atoms with E-state index in [1.807, 2.05) is 13.8 Å². The molecule has 1 aromatic heterocycles. The standard InChI is InChI=1S/C20H21N5O4/c1-12(2)29-15-5-3-4-13(10-15)18(26)25-19(21)23-20(24-25)22-14-6-7-16-17(11-14)28-9-8-27-16/h3-7,10-12H,8-9H2,1-2H3,(H3,21,22,23,24). The molecule has 9 heteroatoms. The zero-order valence-corrected chi connectivity index (χ0v) is 16.1. The Morgan fingerprint density at radius 2 is 1.97 bits per heavy atom. The molecule has 0 saturated carbocycles. The van der Waals surface area contributed by atoms with Gasteiger partial charge in [-0.1, -0.05) is 6.07 Å². The van der Waals surface area contributed by atoms with Crippen LogP contribution in [0.1, 0.15) is 24.2 Å². The highest BCUT2D eigenvalue weighted by Gasteiger charge is 2.18. The maximum atomic E-state index is 12.8. The van der Waals surface area contributed by atoms with Gasteiger partial charge in [-0.3, -0.25) is 4.79 Å². The van der Waals surface area contributed by atoms with Crippen molar-refractivity contribution >= 4 is 23.5 Å². The Bertz CT molecular complexity index is 1050. The molecule has 0 aliphatic carbocycles. The molecule has 2 heterocycles. The summed E-state index contributed by atoms with van der Waals surface area (Å²) in [6.07, 6.45) is -0.00130. The van der Waals surface area contributed by atoms with Crippen LogP contribution in [0.4, 0.5) is 17.6 Å². The summed E-state index contributed by atoms with van der Waals surface area (Å²) in [6, 6.07) is 12.2. The molecule has 150 valence electrons. The van der Waals surface area contributed by atoms with Gasteiger partial charge in [0.15, 0.2) is 11.5 Å². The van der Waals surface area contributed by atoms with E-state index < -0.39 is 5.91 Å². The van der Waals surface area contributed by atoms with Crippen LogP contribution in [-0.2, 0) is 0 Å². The molecule has 4 rings (SSSR count). The molecule has 1 aliphatic rings. The largest absolute Gasteiger partial charge is 0.491 e. The molecule has 0 spiro atoms. The Hall–Kier alpha value is -3.75. The molecule has 1 aliphatic heterocycles. The number of ether oxygens (including phenoxy) is 3. The number of carbonyl (C=O) groups excluding carboxylic acids is 1. The molecule has 29 heavy (non-hydrogen) atoms. The first-order chi connectivity index (χ1) is 14.0. The van der Waals surface area contributed by atoms with E-state index in [2.05, 4.69) is 15.4 Å². The van der Waals surface area contributed by atoms with Crippen molar-refractivity contribution < 1.29 is 19.0 Å². The Morgan fingerprint density at radius 3 is 2.76 bits per heavy atom. The van der Waals surface area contributed by atoms with Crippen LogP contribution < -0.4 is 25.3 Å². The fraction of sp³-hybridized carbons (Fsp3) is 0.250. The SMILES string of the molecule is CC(C)Oc1cccc(C(=O)n2nc(Nc3ccc4c(c3)OCCO4)nc2N)c1. The van der Waals surface area contributed by atoms with Gasteiger partial charge in [0.25, 0.3) is 5.91 Å². The monoisotopic (exact) mass is 395 g/mol. The molecular weight excluding hydrogens is 374 g/mol. The molecule has 0 saturated heterocycles. The van der Waals surface area contributed by atoms with Gasteiger partial charge in [0.2, 0.25) is 11.9 Å². The number of benzene rings is 2. The lowest BCUT2D eigenvalue weighted by Gasteiger charge is -2.18. The summed E-state index contributed by atoms with van der Waals surface area (Å²) in [5, 5.41) is 7.21. The minimum absolute atomic E-state index is 0.00130. The minimum atomic E-state index is -0.403. The number of anilines is 3. The quantitative estimate of drug-likeness (QED) is 0.678. The Kier molecular flexibility index (Phi) is 4.94. The second-order valence-corrected chi connectivity index (χ2v) is 6.69. The van der Waals surface area contributed by atoms with E-state index in [0.29, 0.717) is 41.7 Å². The fourth-order valence-corrected chi connectivity index (χ4v) is 2.87. The summed E-state index contributed by atoms with van der Waals surface area (Å²) >= 11 is 0. The predicted octanol–water partition coefficient (Wildman–Crippen LogP) is 2.85. The van der Waals surface area contributed by atoms with E-state index in [0.717, 1.165) is 4.68 Å². The molecule has 0 unspecified atom stereocenters. The molecular formula is C20H21N5O4. The second kappa shape index (κ2) is 7.70. The summed E-state index contributed by atoms with van der Waals surface area (Å²) in [4.78, 5) is 17.0. The molecule has 0 atom stereocenters. The number of hydrogen-bond donors (Lipinski definition) is 2. The first-order valence-electron chi connectivity index (χ1n) is 9.20. The van der Waals surface area contributed by atoms with Gasteiger partial charge in [0.05, 0.1) is 6.10 Å². The van der Waals surface area contributed by atoms with Crippen LogP contribution in [0.5, 0.6) is 17.2 Å². The highest BCUT2D eigenvalue weighted by molar-refractivity contribution is 5.97. The molecule has 2 aromatic carbocycles. The molecule has 0 radical (unpaired) electrons. The topological polar surface area (TPSA) is 114 Å². The maximum absolute atomic E-state index is 12.8. The van der Waals surface area contributed by atoms with Crippen molar-refractivity contribution in [1.29, 1.82) is 0 Å². The first-order valence-corrected chi connectivity index (χ1v) is 9.20. The van der Waals surface area contributed by atoms with E-state index in [4.69, 9.17) is 19.9 Å². The normalized spacial score (nSPS) is 12.7. The number of aromatic nitrogens is 3. The fourth-order valence-electron chi connectivity index (χ4n) is 2.87. The van der Waals surface area contributed by atoms with Gasteiger partial charge in [-0.25, -0.2) is 0 Å². The van der Waals surface area contributed by atoms with Crippen molar-refractivity contribution in [2.45, 2.75) is 20.0 Å². The number of nitrogens with zero attached hydrogens (tertiary/aromatic N) is 3. The zero-order chi connectivity index (χ0) is 20.4. The summed E-state index contributed by atoms with van der Waals surface area (Å²) in [5.74, 6) is 1.68. The summed E-state index contributed by atoms with van der Waals surface area (Å²) in [5.41, 5.74) is 7.00. The van der Waals surface area contributed by atoms with Crippen molar-refractivity contribution in [1.82, 2.24) is 14.8 Å². The lowest BCUT2D eigenvalue weighted by atomic mass is 10.2. The molecule has 3 N–H and O–H groups in total. The zero-order valence-electron chi connectivity index (χ0n) is 16.1. The third kappa shape index (κ3) is 4.08. The molecule has 0 amide bonds. The third-order valence-corrected chi connectivity index (χ3v) is 4.08. The smallest absolute Gasteiger partial charge is 0.281 e. The van der Waals surface area contributed by atoms with Gasteiger partial charge in [-0.05, 0) is 44.2 Å².